The van der Waals surface area contributed by atoms with Crippen LogP contribution in [0.2, 0.25) is 0 Å². The zero-order valence-electron chi connectivity index (χ0n) is 16.5. The minimum absolute atomic E-state index is 0.0385. The summed E-state index contributed by atoms with van der Waals surface area (Å²) >= 11 is 0. The van der Waals surface area contributed by atoms with Gasteiger partial charge in [-0.25, -0.2) is 4.39 Å². The maximum absolute atomic E-state index is 12.9. The first-order valence-corrected chi connectivity index (χ1v) is 9.62. The van der Waals surface area contributed by atoms with E-state index in [-0.39, 0.29) is 18.3 Å². The average Bonchev–Trinajstić information content (AvgIpc) is 2.73. The van der Waals surface area contributed by atoms with Gasteiger partial charge in [0.2, 0.25) is 0 Å². The number of hydrogen-bond acceptors (Lipinski definition) is 3. The molecule has 0 aliphatic rings. The standard InChI is InChI=1S/C24H25FN2O2/c1-18-2-10-22(11-3-18)27-24(28)17-29-23-12-6-20(7-13-23)16-26-15-14-19-4-8-21(25)9-5-19/h2-13,26H,14-17H2,1H3,(H,27,28). The van der Waals surface area contributed by atoms with Crippen molar-refractivity contribution in [3.63, 3.8) is 0 Å². The van der Waals surface area contributed by atoms with Gasteiger partial charge in [-0.1, -0.05) is 42.0 Å². The molecule has 4 nitrogen and oxygen atoms in total. The fourth-order valence-corrected chi connectivity index (χ4v) is 2.80. The summed E-state index contributed by atoms with van der Waals surface area (Å²) in [5, 5.41) is 6.17. The molecule has 0 saturated carbocycles. The Morgan fingerprint density at radius 2 is 1.55 bits per heavy atom. The first-order chi connectivity index (χ1) is 14.1. The predicted octanol–water partition coefficient (Wildman–Crippen LogP) is 4.48. The lowest BCUT2D eigenvalue weighted by atomic mass is 10.1. The lowest BCUT2D eigenvalue weighted by Gasteiger charge is -2.09. The number of carbonyl (C=O) groups excluding carboxylic acids is 1. The van der Waals surface area contributed by atoms with Crippen LogP contribution in [0, 0.1) is 12.7 Å². The Labute approximate surface area is 170 Å². The SMILES string of the molecule is Cc1ccc(NC(=O)COc2ccc(CNCCc3ccc(F)cc3)cc2)cc1. The van der Waals surface area contributed by atoms with Gasteiger partial charge in [-0.3, -0.25) is 4.79 Å². The molecule has 0 atom stereocenters. The monoisotopic (exact) mass is 392 g/mol. The fourth-order valence-electron chi connectivity index (χ4n) is 2.80. The average molecular weight is 392 g/mol. The molecule has 0 aliphatic heterocycles. The minimum Gasteiger partial charge on any atom is -0.484 e. The van der Waals surface area contributed by atoms with Gasteiger partial charge in [-0.15, -0.1) is 0 Å². The Balaban J connectivity index is 1.36. The molecule has 2 N–H and O–H groups in total. The number of hydrogen-bond donors (Lipinski definition) is 2. The van der Waals surface area contributed by atoms with E-state index >= 15 is 0 Å². The number of anilines is 1. The van der Waals surface area contributed by atoms with Gasteiger partial charge in [0.15, 0.2) is 6.61 Å². The van der Waals surface area contributed by atoms with Crippen LogP contribution in [0.3, 0.4) is 0 Å². The van der Waals surface area contributed by atoms with Crippen molar-refractivity contribution >= 4 is 11.6 Å². The molecule has 29 heavy (non-hydrogen) atoms. The second-order valence-corrected chi connectivity index (χ2v) is 6.90. The summed E-state index contributed by atoms with van der Waals surface area (Å²) in [5.41, 5.74) is 4.13. The highest BCUT2D eigenvalue weighted by atomic mass is 19.1. The topological polar surface area (TPSA) is 50.4 Å². The summed E-state index contributed by atoms with van der Waals surface area (Å²) in [4.78, 5) is 12.0. The molecule has 0 saturated heterocycles. The van der Waals surface area contributed by atoms with E-state index in [0.29, 0.717) is 5.75 Å². The molecule has 3 rings (SSSR count). The lowest BCUT2D eigenvalue weighted by molar-refractivity contribution is -0.118. The summed E-state index contributed by atoms with van der Waals surface area (Å²) < 4.78 is 18.4. The smallest absolute Gasteiger partial charge is 0.262 e. The summed E-state index contributed by atoms with van der Waals surface area (Å²) in [7, 11) is 0. The van der Waals surface area contributed by atoms with Crippen LogP contribution in [0.25, 0.3) is 0 Å². The fraction of sp³-hybridized carbons (Fsp3) is 0.208. The molecule has 150 valence electrons. The molecule has 0 aromatic heterocycles. The molecule has 3 aromatic rings. The minimum atomic E-state index is -0.211. The van der Waals surface area contributed by atoms with Crippen LogP contribution in [0.4, 0.5) is 10.1 Å². The first kappa shape index (κ1) is 20.6. The third-order valence-electron chi connectivity index (χ3n) is 4.46. The van der Waals surface area contributed by atoms with Gasteiger partial charge >= 0.3 is 0 Å². The van der Waals surface area contributed by atoms with Gasteiger partial charge in [0.25, 0.3) is 5.91 Å². The Morgan fingerprint density at radius 3 is 2.24 bits per heavy atom. The number of nitrogens with one attached hydrogen (secondary N) is 2. The van der Waals surface area contributed by atoms with Crippen LogP contribution in [0.5, 0.6) is 5.75 Å². The van der Waals surface area contributed by atoms with E-state index in [1.54, 1.807) is 12.1 Å². The second kappa shape index (κ2) is 10.4. The molecule has 1 amide bonds. The summed E-state index contributed by atoms with van der Waals surface area (Å²) in [6.45, 7) is 3.50. The first-order valence-electron chi connectivity index (χ1n) is 9.62. The van der Waals surface area contributed by atoms with Crippen LogP contribution >= 0.6 is 0 Å². The number of ether oxygens (including phenoxy) is 1. The van der Waals surface area contributed by atoms with E-state index < -0.39 is 0 Å². The molecule has 0 fully saturated rings. The van der Waals surface area contributed by atoms with Gasteiger partial charge in [0.1, 0.15) is 11.6 Å². The van der Waals surface area contributed by atoms with E-state index in [2.05, 4.69) is 10.6 Å². The Kier molecular flexibility index (Phi) is 7.36. The van der Waals surface area contributed by atoms with Crippen molar-refractivity contribution in [3.05, 3.63) is 95.3 Å². The van der Waals surface area contributed by atoms with E-state index in [1.807, 2.05) is 55.5 Å². The third-order valence-corrected chi connectivity index (χ3v) is 4.46. The number of aryl methyl sites for hydroxylation is 1. The Morgan fingerprint density at radius 1 is 0.897 bits per heavy atom. The van der Waals surface area contributed by atoms with E-state index in [9.17, 15) is 9.18 Å². The molecule has 0 bridgehead atoms. The van der Waals surface area contributed by atoms with Gasteiger partial charge in [0.05, 0.1) is 0 Å². The maximum Gasteiger partial charge on any atom is 0.262 e. The largest absolute Gasteiger partial charge is 0.484 e. The van der Waals surface area contributed by atoms with Gasteiger partial charge in [-0.05, 0) is 67.4 Å². The Bertz CT molecular complexity index is 907. The zero-order chi connectivity index (χ0) is 20.5. The summed E-state index contributed by atoms with van der Waals surface area (Å²) in [5.74, 6) is 0.246. The van der Waals surface area contributed by atoms with Crippen LogP contribution in [-0.2, 0) is 17.8 Å². The second-order valence-electron chi connectivity index (χ2n) is 6.90. The predicted molar refractivity (Wildman–Crippen MR) is 114 cm³/mol. The van der Waals surface area contributed by atoms with E-state index in [4.69, 9.17) is 4.74 Å². The molecular formula is C24H25FN2O2. The number of benzene rings is 3. The molecule has 0 aliphatic carbocycles. The number of rotatable bonds is 9. The van der Waals surface area contributed by atoms with Crippen molar-refractivity contribution in [1.82, 2.24) is 5.32 Å². The highest BCUT2D eigenvalue weighted by Gasteiger charge is 2.04. The van der Waals surface area contributed by atoms with E-state index in [1.165, 1.54) is 12.1 Å². The Hall–Kier alpha value is -3.18. The van der Waals surface area contributed by atoms with Crippen LogP contribution < -0.4 is 15.4 Å². The summed E-state index contributed by atoms with van der Waals surface area (Å²) in [6, 6.07) is 21.9. The van der Waals surface area contributed by atoms with E-state index in [0.717, 1.165) is 41.9 Å². The van der Waals surface area contributed by atoms with Crippen molar-refractivity contribution in [3.8, 4) is 5.75 Å². The summed E-state index contributed by atoms with van der Waals surface area (Å²) in [6.07, 6.45) is 0.845. The number of halogens is 1. The van der Waals surface area contributed by atoms with Gasteiger partial charge < -0.3 is 15.4 Å². The van der Waals surface area contributed by atoms with Crippen molar-refractivity contribution in [2.45, 2.75) is 19.9 Å². The van der Waals surface area contributed by atoms with Crippen molar-refractivity contribution in [1.29, 1.82) is 0 Å². The number of carbonyl (C=O) groups is 1. The maximum atomic E-state index is 12.9. The zero-order valence-corrected chi connectivity index (χ0v) is 16.5. The quantitative estimate of drug-likeness (QED) is 0.528. The molecular weight excluding hydrogens is 367 g/mol. The van der Waals surface area contributed by atoms with Crippen LogP contribution in [0.15, 0.2) is 72.8 Å². The molecule has 0 spiro atoms. The molecule has 5 heteroatoms. The third kappa shape index (κ3) is 7.05. The van der Waals surface area contributed by atoms with Crippen molar-refractivity contribution in [2.24, 2.45) is 0 Å². The van der Waals surface area contributed by atoms with Crippen LogP contribution in [0.1, 0.15) is 16.7 Å². The molecule has 0 unspecified atom stereocenters. The van der Waals surface area contributed by atoms with Gasteiger partial charge in [-0.2, -0.15) is 0 Å². The highest BCUT2D eigenvalue weighted by molar-refractivity contribution is 5.91. The van der Waals surface area contributed by atoms with Crippen molar-refractivity contribution < 1.29 is 13.9 Å². The van der Waals surface area contributed by atoms with Gasteiger partial charge in [0, 0.05) is 12.2 Å². The molecule has 3 aromatic carbocycles. The van der Waals surface area contributed by atoms with Crippen molar-refractivity contribution in [2.75, 3.05) is 18.5 Å². The van der Waals surface area contributed by atoms with Crippen LogP contribution in [-0.4, -0.2) is 19.1 Å². The normalized spacial score (nSPS) is 10.6. The highest BCUT2D eigenvalue weighted by Crippen LogP contribution is 2.13. The number of amides is 1. The molecule has 0 radical (unpaired) electrons. The molecule has 0 heterocycles. The lowest BCUT2D eigenvalue weighted by Crippen LogP contribution is -2.20.